The maximum Gasteiger partial charge on any atom is 0.130 e. The van der Waals surface area contributed by atoms with Crippen molar-refractivity contribution in [1.29, 1.82) is 0 Å². The highest BCUT2D eigenvalue weighted by Gasteiger charge is 2.34. The Balaban J connectivity index is 1.50. The number of benzene rings is 3. The van der Waals surface area contributed by atoms with E-state index in [0.29, 0.717) is 19.5 Å². The molecule has 1 atom stereocenters. The Hall–Kier alpha value is -2.49. The quantitative estimate of drug-likeness (QED) is 0.321. The molecule has 0 bridgehead atoms. The van der Waals surface area contributed by atoms with Gasteiger partial charge in [-0.2, -0.15) is 0 Å². The summed E-state index contributed by atoms with van der Waals surface area (Å²) in [4.78, 5) is 2.14. The van der Waals surface area contributed by atoms with Gasteiger partial charge in [0.2, 0.25) is 0 Å². The first-order valence-corrected chi connectivity index (χ1v) is 13.0. The molecule has 2 aliphatic rings. The molecule has 0 aromatic heterocycles. The molecule has 1 unspecified atom stereocenters. The zero-order valence-electron chi connectivity index (χ0n) is 20.2. The third-order valence-electron chi connectivity index (χ3n) is 7.50. The Morgan fingerprint density at radius 2 is 1.69 bits per heavy atom. The number of alkyl halides is 2. The van der Waals surface area contributed by atoms with Crippen LogP contribution in [0, 0.1) is 12.8 Å². The van der Waals surface area contributed by atoms with Gasteiger partial charge >= 0.3 is 0 Å². The fraction of sp³-hybridized carbons (Fsp3) is 0.355. The summed E-state index contributed by atoms with van der Waals surface area (Å²) < 4.78 is 27.7. The molecule has 0 spiro atoms. The van der Waals surface area contributed by atoms with Gasteiger partial charge in [0, 0.05) is 25.6 Å². The average Bonchev–Trinajstić information content (AvgIpc) is 3.04. The molecule has 3 aromatic rings. The van der Waals surface area contributed by atoms with Crippen LogP contribution in [0.15, 0.2) is 66.7 Å². The van der Waals surface area contributed by atoms with Crippen molar-refractivity contribution < 1.29 is 8.78 Å². The van der Waals surface area contributed by atoms with Gasteiger partial charge in [-0.05, 0) is 77.1 Å². The van der Waals surface area contributed by atoms with Gasteiger partial charge in [0.05, 0.1) is 11.7 Å². The Kier molecular flexibility index (Phi) is 7.36. The first kappa shape index (κ1) is 24.2. The van der Waals surface area contributed by atoms with Crippen LogP contribution in [0.1, 0.15) is 58.8 Å². The largest absolute Gasteiger partial charge is 0.302 e. The van der Waals surface area contributed by atoms with Crippen LogP contribution < -0.4 is 0 Å². The number of nitrogens with zero attached hydrogens (tertiary/aromatic N) is 1. The first-order chi connectivity index (χ1) is 17.1. The lowest BCUT2D eigenvalue weighted by molar-refractivity contribution is 0.0364. The monoisotopic (exact) mass is 491 g/mol. The van der Waals surface area contributed by atoms with Crippen LogP contribution in [0.5, 0.6) is 0 Å². The summed E-state index contributed by atoms with van der Waals surface area (Å²) in [7, 11) is 0. The fourth-order valence-corrected chi connectivity index (χ4v) is 5.81. The normalized spacial score (nSPS) is 17.6. The minimum absolute atomic E-state index is 0.0139. The van der Waals surface area contributed by atoms with Gasteiger partial charge in [-0.1, -0.05) is 78.3 Å². The Labute approximate surface area is 212 Å². The molecule has 0 amide bonds. The molecule has 182 valence electrons. The lowest BCUT2D eigenvalue weighted by Crippen LogP contribution is -2.48. The minimum Gasteiger partial charge on any atom is -0.302 e. The predicted molar refractivity (Wildman–Crippen MR) is 142 cm³/mol. The van der Waals surface area contributed by atoms with Crippen LogP contribution >= 0.6 is 11.6 Å². The van der Waals surface area contributed by atoms with Gasteiger partial charge in [0.1, 0.15) is 6.17 Å². The standard InChI is InChI=1S/C31H32ClF2N/c1-21-7-4-12-28(30(21)32)27-11-5-9-22-8-2-3-10-26(22)29(27)23-13-15-24(16-14-23)31(34)25-19-35(20-25)18-6-17-33/h2-4,7-8,10,12-16,25,31H,5-6,9,11,17-20H2,1H3. The number of allylic oxidation sites excluding steroid dienone is 1. The smallest absolute Gasteiger partial charge is 0.130 e. The van der Waals surface area contributed by atoms with Crippen molar-refractivity contribution in [3.63, 3.8) is 0 Å². The van der Waals surface area contributed by atoms with E-state index in [4.69, 9.17) is 11.6 Å². The third kappa shape index (κ3) is 4.94. The molecule has 4 heteroatoms. The van der Waals surface area contributed by atoms with Crippen molar-refractivity contribution in [3.8, 4) is 0 Å². The molecule has 1 fully saturated rings. The molecule has 0 N–H and O–H groups in total. The van der Waals surface area contributed by atoms with Crippen LogP contribution in [-0.4, -0.2) is 31.2 Å². The van der Waals surface area contributed by atoms with Crippen LogP contribution in [-0.2, 0) is 6.42 Å². The molecule has 0 saturated carbocycles. The second-order valence-corrected chi connectivity index (χ2v) is 10.3. The molecule has 35 heavy (non-hydrogen) atoms. The zero-order valence-corrected chi connectivity index (χ0v) is 21.0. The lowest BCUT2D eigenvalue weighted by atomic mass is 9.85. The zero-order chi connectivity index (χ0) is 24.4. The van der Waals surface area contributed by atoms with Crippen LogP contribution in [0.3, 0.4) is 0 Å². The van der Waals surface area contributed by atoms with Crippen molar-refractivity contribution in [3.05, 3.63) is 105 Å². The van der Waals surface area contributed by atoms with Gasteiger partial charge in [-0.3, -0.25) is 4.39 Å². The topological polar surface area (TPSA) is 3.24 Å². The fourth-order valence-electron chi connectivity index (χ4n) is 5.57. The summed E-state index contributed by atoms with van der Waals surface area (Å²) in [5.41, 5.74) is 9.03. The van der Waals surface area contributed by atoms with Gasteiger partial charge in [-0.25, -0.2) is 4.39 Å². The second kappa shape index (κ2) is 10.6. The highest BCUT2D eigenvalue weighted by molar-refractivity contribution is 6.33. The van der Waals surface area contributed by atoms with E-state index in [9.17, 15) is 4.39 Å². The predicted octanol–water partition coefficient (Wildman–Crippen LogP) is 8.25. The number of hydrogen-bond donors (Lipinski definition) is 0. The Morgan fingerprint density at radius 3 is 2.46 bits per heavy atom. The highest BCUT2D eigenvalue weighted by Crippen LogP contribution is 2.43. The maximum atomic E-state index is 15.3. The lowest BCUT2D eigenvalue weighted by Gasteiger charge is -2.41. The molecular formula is C31H32ClF2N. The summed E-state index contributed by atoms with van der Waals surface area (Å²) in [5.74, 6) is -0.0139. The summed E-state index contributed by atoms with van der Waals surface area (Å²) >= 11 is 6.82. The van der Waals surface area contributed by atoms with Crippen LogP contribution in [0.2, 0.25) is 5.02 Å². The Bertz CT molecular complexity index is 1210. The molecule has 1 nitrogen and oxygen atoms in total. The van der Waals surface area contributed by atoms with Crippen LogP contribution in [0.4, 0.5) is 8.78 Å². The molecule has 1 heterocycles. The van der Waals surface area contributed by atoms with Gasteiger partial charge in [-0.15, -0.1) is 0 Å². The second-order valence-electron chi connectivity index (χ2n) is 9.89. The van der Waals surface area contributed by atoms with Gasteiger partial charge in [0.25, 0.3) is 0 Å². The van der Waals surface area contributed by atoms with E-state index in [1.165, 1.54) is 22.3 Å². The van der Waals surface area contributed by atoms with Crippen molar-refractivity contribution in [2.75, 3.05) is 26.3 Å². The summed E-state index contributed by atoms with van der Waals surface area (Å²) in [6.07, 6.45) is 2.56. The average molecular weight is 492 g/mol. The molecule has 1 saturated heterocycles. The van der Waals surface area contributed by atoms with Crippen molar-refractivity contribution >= 4 is 22.7 Å². The number of rotatable bonds is 7. The minimum atomic E-state index is -0.994. The molecule has 3 aromatic carbocycles. The number of likely N-dealkylation sites (tertiary alicyclic amines) is 1. The van der Waals surface area contributed by atoms with Crippen molar-refractivity contribution in [1.82, 2.24) is 4.90 Å². The van der Waals surface area contributed by atoms with E-state index >= 15 is 4.39 Å². The molecule has 0 radical (unpaired) electrons. The number of aryl methyl sites for hydroxylation is 2. The summed E-state index contributed by atoms with van der Waals surface area (Å²) in [6.45, 7) is 3.87. The summed E-state index contributed by atoms with van der Waals surface area (Å²) in [6, 6.07) is 22.9. The van der Waals surface area contributed by atoms with E-state index in [2.05, 4.69) is 53.4 Å². The Morgan fingerprint density at radius 1 is 0.943 bits per heavy atom. The number of hydrogen-bond acceptors (Lipinski definition) is 1. The van der Waals surface area contributed by atoms with E-state index in [1.807, 2.05) is 25.1 Å². The summed E-state index contributed by atoms with van der Waals surface area (Å²) in [5, 5.41) is 0.808. The van der Waals surface area contributed by atoms with Gasteiger partial charge in [0.15, 0.2) is 0 Å². The van der Waals surface area contributed by atoms with Crippen LogP contribution in [0.25, 0.3) is 11.1 Å². The van der Waals surface area contributed by atoms with Crippen molar-refractivity contribution in [2.24, 2.45) is 5.92 Å². The molecule has 1 aliphatic carbocycles. The third-order valence-corrected chi connectivity index (χ3v) is 8.01. The molecular weight excluding hydrogens is 460 g/mol. The SMILES string of the molecule is Cc1cccc(C2=C(c3ccc(C(F)C4CN(CCCF)C4)cc3)c3ccccc3CCC2)c1Cl. The first-order valence-electron chi connectivity index (χ1n) is 12.7. The molecule has 5 rings (SSSR count). The van der Waals surface area contributed by atoms with E-state index in [1.54, 1.807) is 0 Å². The number of fused-ring (bicyclic) bond motifs is 1. The van der Waals surface area contributed by atoms with Crippen molar-refractivity contribution in [2.45, 2.75) is 38.8 Å². The van der Waals surface area contributed by atoms with E-state index in [0.717, 1.165) is 53.1 Å². The number of halogens is 3. The maximum absolute atomic E-state index is 15.3. The van der Waals surface area contributed by atoms with E-state index in [-0.39, 0.29) is 12.6 Å². The molecule has 1 aliphatic heterocycles. The van der Waals surface area contributed by atoms with Gasteiger partial charge < -0.3 is 4.90 Å². The highest BCUT2D eigenvalue weighted by atomic mass is 35.5. The van der Waals surface area contributed by atoms with E-state index < -0.39 is 6.17 Å².